The van der Waals surface area contributed by atoms with Gasteiger partial charge >= 0.3 is 6.03 Å². The number of benzene rings is 1. The second-order valence-corrected chi connectivity index (χ2v) is 6.89. The SMILES string of the molecule is O=C(N1CCN(S(=O)(=O)c2ccccc2)CC1)n1ccnc1. The Kier molecular flexibility index (Phi) is 3.95. The van der Waals surface area contributed by atoms with E-state index in [-0.39, 0.29) is 24.0 Å². The number of hydrogen-bond acceptors (Lipinski definition) is 4. The van der Waals surface area contributed by atoms with Crippen molar-refractivity contribution < 1.29 is 13.2 Å². The van der Waals surface area contributed by atoms with Crippen molar-refractivity contribution in [2.24, 2.45) is 0 Å². The van der Waals surface area contributed by atoms with Crippen molar-refractivity contribution in [2.45, 2.75) is 4.90 Å². The van der Waals surface area contributed by atoms with Crippen LogP contribution in [-0.2, 0) is 10.0 Å². The number of aromatic nitrogens is 2. The van der Waals surface area contributed by atoms with Crippen molar-refractivity contribution >= 4 is 16.1 Å². The summed E-state index contributed by atoms with van der Waals surface area (Å²) in [4.78, 5) is 17.9. The minimum atomic E-state index is -3.49. The lowest BCUT2D eigenvalue weighted by Crippen LogP contribution is -2.51. The molecule has 0 atom stereocenters. The molecule has 2 aromatic rings. The molecule has 3 rings (SSSR count). The summed E-state index contributed by atoms with van der Waals surface area (Å²) in [6, 6.07) is 8.16. The molecule has 116 valence electrons. The highest BCUT2D eigenvalue weighted by atomic mass is 32.2. The zero-order valence-electron chi connectivity index (χ0n) is 11.9. The van der Waals surface area contributed by atoms with Crippen LogP contribution < -0.4 is 0 Å². The first kappa shape index (κ1) is 14.7. The molecule has 1 aromatic heterocycles. The fourth-order valence-electron chi connectivity index (χ4n) is 2.40. The van der Waals surface area contributed by atoms with Gasteiger partial charge in [-0.2, -0.15) is 4.31 Å². The Balaban J connectivity index is 1.68. The fraction of sp³-hybridized carbons (Fsp3) is 0.286. The van der Waals surface area contributed by atoms with E-state index in [2.05, 4.69) is 4.98 Å². The molecule has 0 unspecified atom stereocenters. The number of carbonyl (C=O) groups excluding carboxylic acids is 1. The molecule has 0 saturated carbocycles. The maximum Gasteiger partial charge on any atom is 0.329 e. The largest absolute Gasteiger partial charge is 0.329 e. The molecule has 22 heavy (non-hydrogen) atoms. The molecule has 1 aliphatic rings. The third-order valence-corrected chi connectivity index (χ3v) is 5.53. The van der Waals surface area contributed by atoms with Crippen molar-refractivity contribution in [3.8, 4) is 0 Å². The predicted molar refractivity (Wildman–Crippen MR) is 79.8 cm³/mol. The normalized spacial score (nSPS) is 16.6. The molecular weight excluding hydrogens is 304 g/mol. The van der Waals surface area contributed by atoms with Gasteiger partial charge in [-0.05, 0) is 12.1 Å². The molecule has 2 heterocycles. The molecule has 0 radical (unpaired) electrons. The van der Waals surface area contributed by atoms with Crippen molar-refractivity contribution in [1.82, 2.24) is 18.8 Å². The number of rotatable bonds is 2. The van der Waals surface area contributed by atoms with Crippen LogP contribution in [0, 0.1) is 0 Å². The summed E-state index contributed by atoms with van der Waals surface area (Å²) in [5, 5.41) is 0. The maximum atomic E-state index is 12.5. The van der Waals surface area contributed by atoms with Gasteiger partial charge in [0.25, 0.3) is 0 Å². The van der Waals surface area contributed by atoms with Gasteiger partial charge in [0.1, 0.15) is 6.33 Å². The number of amides is 1. The molecule has 8 heteroatoms. The lowest BCUT2D eigenvalue weighted by molar-refractivity contribution is 0.173. The molecule has 1 saturated heterocycles. The van der Waals surface area contributed by atoms with Crippen LogP contribution in [0.5, 0.6) is 0 Å². The summed E-state index contributed by atoms with van der Waals surface area (Å²) in [7, 11) is -3.49. The van der Waals surface area contributed by atoms with E-state index in [9.17, 15) is 13.2 Å². The molecule has 0 bridgehead atoms. The Morgan fingerprint density at radius 1 is 1.05 bits per heavy atom. The lowest BCUT2D eigenvalue weighted by Gasteiger charge is -2.33. The number of nitrogens with zero attached hydrogens (tertiary/aromatic N) is 4. The number of carbonyl (C=O) groups is 1. The molecule has 0 aliphatic carbocycles. The summed E-state index contributed by atoms with van der Waals surface area (Å²) in [6.07, 6.45) is 4.55. The average Bonchev–Trinajstić information content (AvgIpc) is 3.09. The van der Waals surface area contributed by atoms with E-state index in [4.69, 9.17) is 0 Å². The minimum absolute atomic E-state index is 0.186. The van der Waals surface area contributed by atoms with E-state index in [1.807, 2.05) is 0 Å². The van der Waals surface area contributed by atoms with E-state index in [0.29, 0.717) is 13.1 Å². The van der Waals surface area contributed by atoms with Gasteiger partial charge in [0.15, 0.2) is 0 Å². The Morgan fingerprint density at radius 2 is 1.73 bits per heavy atom. The maximum absolute atomic E-state index is 12.5. The van der Waals surface area contributed by atoms with E-state index >= 15 is 0 Å². The molecular formula is C14H16N4O3S. The first-order chi connectivity index (χ1) is 10.6. The second kappa shape index (κ2) is 5.90. The number of imidazole rings is 1. The monoisotopic (exact) mass is 320 g/mol. The molecule has 1 aromatic carbocycles. The van der Waals surface area contributed by atoms with Gasteiger partial charge in [0.2, 0.25) is 10.0 Å². The van der Waals surface area contributed by atoms with Gasteiger partial charge in [0, 0.05) is 38.6 Å². The van der Waals surface area contributed by atoms with E-state index in [1.165, 1.54) is 21.4 Å². The van der Waals surface area contributed by atoms with Crippen LogP contribution in [-0.4, -0.2) is 59.4 Å². The smallest absolute Gasteiger partial charge is 0.321 e. The van der Waals surface area contributed by atoms with Crippen molar-refractivity contribution in [3.63, 3.8) is 0 Å². The van der Waals surface area contributed by atoms with Crippen LogP contribution >= 0.6 is 0 Å². The average molecular weight is 320 g/mol. The Labute approximate surface area is 128 Å². The van der Waals surface area contributed by atoms with Gasteiger partial charge in [-0.25, -0.2) is 18.2 Å². The molecule has 0 spiro atoms. The summed E-state index contributed by atoms with van der Waals surface area (Å²) in [6.45, 7) is 1.31. The molecule has 7 nitrogen and oxygen atoms in total. The first-order valence-corrected chi connectivity index (χ1v) is 8.35. The van der Waals surface area contributed by atoms with Gasteiger partial charge in [-0.3, -0.25) is 4.57 Å². The topological polar surface area (TPSA) is 75.5 Å². The summed E-state index contributed by atoms with van der Waals surface area (Å²) in [5.74, 6) is 0. The van der Waals surface area contributed by atoms with Gasteiger partial charge in [0.05, 0.1) is 4.90 Å². The minimum Gasteiger partial charge on any atom is -0.321 e. The van der Waals surface area contributed by atoms with Crippen LogP contribution in [0.1, 0.15) is 0 Å². The summed E-state index contributed by atoms with van der Waals surface area (Å²) >= 11 is 0. The van der Waals surface area contributed by atoms with Crippen LogP contribution in [0.15, 0.2) is 53.9 Å². The zero-order chi connectivity index (χ0) is 15.6. The van der Waals surface area contributed by atoms with Gasteiger partial charge in [-0.1, -0.05) is 18.2 Å². The number of hydrogen-bond donors (Lipinski definition) is 0. The highest BCUT2D eigenvalue weighted by molar-refractivity contribution is 7.89. The van der Waals surface area contributed by atoms with Crippen LogP contribution in [0.25, 0.3) is 0 Å². The van der Waals surface area contributed by atoms with E-state index < -0.39 is 10.0 Å². The molecule has 0 N–H and O–H groups in total. The number of sulfonamides is 1. The van der Waals surface area contributed by atoms with Gasteiger partial charge in [-0.15, -0.1) is 0 Å². The van der Waals surface area contributed by atoms with Gasteiger partial charge < -0.3 is 4.90 Å². The zero-order valence-corrected chi connectivity index (χ0v) is 12.7. The quantitative estimate of drug-likeness (QED) is 0.822. The second-order valence-electron chi connectivity index (χ2n) is 4.96. The van der Waals surface area contributed by atoms with Crippen molar-refractivity contribution in [3.05, 3.63) is 49.1 Å². The Morgan fingerprint density at radius 3 is 2.32 bits per heavy atom. The van der Waals surface area contributed by atoms with Crippen LogP contribution in [0.4, 0.5) is 4.79 Å². The lowest BCUT2D eigenvalue weighted by atomic mass is 10.4. The molecule has 1 fully saturated rings. The highest BCUT2D eigenvalue weighted by Crippen LogP contribution is 2.17. The van der Waals surface area contributed by atoms with E-state index in [1.54, 1.807) is 41.4 Å². The van der Waals surface area contributed by atoms with Crippen LogP contribution in [0.3, 0.4) is 0 Å². The van der Waals surface area contributed by atoms with Crippen LogP contribution in [0.2, 0.25) is 0 Å². The number of piperazine rings is 1. The summed E-state index contributed by atoms with van der Waals surface area (Å²) in [5.41, 5.74) is 0. The third-order valence-electron chi connectivity index (χ3n) is 3.62. The predicted octanol–water partition coefficient (Wildman–Crippen LogP) is 0.858. The Bertz CT molecular complexity index is 736. The summed E-state index contributed by atoms with van der Waals surface area (Å²) < 4.78 is 27.8. The standard InChI is InChI=1S/C14H16N4O3S/c19-14(17-7-6-15-12-17)16-8-10-18(11-9-16)22(20,21)13-4-2-1-3-5-13/h1-7,12H,8-11H2. The first-order valence-electron chi connectivity index (χ1n) is 6.91. The molecule has 1 amide bonds. The highest BCUT2D eigenvalue weighted by Gasteiger charge is 2.30. The van der Waals surface area contributed by atoms with Crippen molar-refractivity contribution in [2.75, 3.05) is 26.2 Å². The third kappa shape index (κ3) is 2.75. The van der Waals surface area contributed by atoms with Crippen molar-refractivity contribution in [1.29, 1.82) is 0 Å². The van der Waals surface area contributed by atoms with E-state index in [0.717, 1.165) is 0 Å². The Hall–Kier alpha value is -2.19. The molecule has 1 aliphatic heterocycles. The fourth-order valence-corrected chi connectivity index (χ4v) is 3.84.